The van der Waals surface area contributed by atoms with E-state index >= 15 is 0 Å². The van der Waals surface area contributed by atoms with Gasteiger partial charge in [0.1, 0.15) is 0 Å². The van der Waals surface area contributed by atoms with Crippen molar-refractivity contribution in [2.24, 2.45) is 0 Å². The molecule has 0 aliphatic rings. The third-order valence-electron chi connectivity index (χ3n) is 24.6. The van der Waals surface area contributed by atoms with Gasteiger partial charge in [-0.15, -0.1) is 0 Å². The van der Waals surface area contributed by atoms with E-state index in [0.29, 0.717) is 11.4 Å². The maximum Gasteiger partial charge on any atom is 0.189 e. The van der Waals surface area contributed by atoms with Gasteiger partial charge in [-0.05, 0) is 299 Å². The van der Waals surface area contributed by atoms with E-state index < -0.39 is 0 Å². The van der Waals surface area contributed by atoms with Gasteiger partial charge in [0.05, 0.1) is 41.1 Å². The number of fused-ring (bicyclic) bond motifs is 1. The van der Waals surface area contributed by atoms with Crippen molar-refractivity contribution in [1.82, 2.24) is 24.1 Å². The topological polar surface area (TPSA) is 57.2 Å². The van der Waals surface area contributed by atoms with E-state index in [0.717, 1.165) is 94.3 Å². The Morgan fingerprint density at radius 3 is 0.907 bits per heavy atom. The van der Waals surface area contributed by atoms with Crippen LogP contribution in [-0.2, 0) is 0 Å². The molecule has 0 aliphatic heterocycles. The molecule has 25 aromatic rings. The number of aromatic nitrogens is 5. The van der Waals surface area contributed by atoms with E-state index in [9.17, 15) is 0 Å². The maximum atomic E-state index is 7.80. The predicted octanol–water partition coefficient (Wildman–Crippen LogP) is 30.3. The summed E-state index contributed by atoms with van der Waals surface area (Å²) in [5.41, 5.74) is 27.2. The van der Waals surface area contributed by atoms with E-state index in [1.807, 2.05) is 73.2 Å². The van der Waals surface area contributed by atoms with Crippen molar-refractivity contribution in [2.75, 3.05) is 0 Å². The molecule has 0 aliphatic carbocycles. The number of pyridine rings is 3. The summed E-state index contributed by atoms with van der Waals surface area (Å²) in [4.78, 5) is 21.5. The second kappa shape index (κ2) is 26.2. The molecule has 542 valence electrons. The summed E-state index contributed by atoms with van der Waals surface area (Å²) >= 11 is 0. The Labute approximate surface area is 677 Å². The third kappa shape index (κ3) is 10.6. The summed E-state index contributed by atoms with van der Waals surface area (Å²) in [6, 6.07) is 131. The number of para-hydroxylation sites is 3. The first-order chi connectivity index (χ1) is 58.3. The van der Waals surface area contributed by atoms with Crippen LogP contribution in [0.25, 0.3) is 251 Å². The molecule has 0 amide bonds. The molecule has 20 aromatic carbocycles. The standard InChI is InChI=1S/C58H33N3.C53H30N4/c1-59-49-32-45-25-24-44-31-48(33-52-56(44)57(45)53(34-49)61(52)50-9-3-2-4-10-50)37-14-12-35(13-15-37)46-27-40-20-22-42-29-47(30-43-23-21-41(28-46)54(40)55(42)43)36-16-18-38(19-17-36)51-11-5-7-39-8-6-26-60-58(39)51;1-54-44-29-40-19-18-39-26-42(30-48-52(39)53(40)49(31-44)57(48)45-6-3-2-4-7-45)33-12-10-32(11-13-33)41-24-35-14-16-37-27-43(28-38-17-15-36(25-41)50(35)51(37)38)47-9-5-8-46(56-47)34-20-22-55-23-21-34/h2-34H;2-31H. The smallest absolute Gasteiger partial charge is 0.189 e. The SMILES string of the molecule is [C-]#[N+]c1cc2ccc3cc(-c4ccc(-c5cc6ccc7cc(-c8ccc(-c9cccc%10cccnc9%10)cc8)cc8ccc(c5)c6c78)cc4)cc4c3c2c(c1)n4-c1ccccc1.[C-]#[N+]c1cc2ccc3cc(-c4ccc(-c5cc6ccc7cc(-c8cccc(-c9ccncc9)n8)cc8ccc(c5)c6c78)cc4)cc4c3c2c(c1)n4-c1ccccc1. The van der Waals surface area contributed by atoms with Crippen molar-refractivity contribution in [1.29, 1.82) is 0 Å². The zero-order chi connectivity index (χ0) is 77.8. The molecule has 5 aromatic heterocycles. The Hall–Kier alpha value is -16.2. The molecule has 0 saturated carbocycles. The zero-order valence-electron chi connectivity index (χ0n) is 63.5. The van der Waals surface area contributed by atoms with Crippen molar-refractivity contribution in [2.45, 2.75) is 0 Å². The van der Waals surface area contributed by atoms with Crippen LogP contribution < -0.4 is 0 Å². The molecule has 25 rings (SSSR count). The first-order valence-corrected chi connectivity index (χ1v) is 39.9. The average molecular weight is 1490 g/mol. The quantitative estimate of drug-likeness (QED) is 0.101. The van der Waals surface area contributed by atoms with Gasteiger partial charge in [-0.2, -0.15) is 0 Å². The van der Waals surface area contributed by atoms with Crippen LogP contribution in [0.4, 0.5) is 11.4 Å². The van der Waals surface area contributed by atoms with E-state index in [1.54, 1.807) is 0 Å². The maximum absolute atomic E-state index is 7.80. The van der Waals surface area contributed by atoms with Crippen molar-refractivity contribution >= 4 is 152 Å². The lowest BCUT2D eigenvalue weighted by Gasteiger charge is -2.15. The lowest BCUT2D eigenvalue weighted by Crippen LogP contribution is -1.93. The molecule has 7 nitrogen and oxygen atoms in total. The average Bonchev–Trinajstić information content (AvgIpc) is 1.52. The van der Waals surface area contributed by atoms with Crippen molar-refractivity contribution < 1.29 is 0 Å². The highest BCUT2D eigenvalue weighted by molar-refractivity contribution is 6.29. The summed E-state index contributed by atoms with van der Waals surface area (Å²) < 4.78 is 4.64. The molecule has 118 heavy (non-hydrogen) atoms. The third-order valence-corrected chi connectivity index (χ3v) is 24.6. The zero-order valence-corrected chi connectivity index (χ0v) is 63.5. The van der Waals surface area contributed by atoms with Gasteiger partial charge in [-0.3, -0.25) is 9.97 Å². The van der Waals surface area contributed by atoms with Gasteiger partial charge in [0.2, 0.25) is 0 Å². The van der Waals surface area contributed by atoms with Crippen LogP contribution in [0.1, 0.15) is 0 Å². The highest BCUT2D eigenvalue weighted by Crippen LogP contribution is 2.48. The Balaban J connectivity index is 0.000000135. The van der Waals surface area contributed by atoms with E-state index in [2.05, 4.69) is 338 Å². The number of nitrogens with zero attached hydrogens (tertiary/aromatic N) is 7. The number of hydrogen-bond acceptors (Lipinski definition) is 3. The van der Waals surface area contributed by atoms with Gasteiger partial charge < -0.3 is 9.13 Å². The number of benzene rings is 20. The first kappa shape index (κ1) is 66.4. The first-order valence-electron chi connectivity index (χ1n) is 39.9. The van der Waals surface area contributed by atoms with Crippen LogP contribution in [0.2, 0.25) is 0 Å². The highest BCUT2D eigenvalue weighted by Gasteiger charge is 2.24. The number of hydrogen-bond donors (Lipinski definition) is 0. The van der Waals surface area contributed by atoms with Gasteiger partial charge >= 0.3 is 0 Å². The minimum Gasteiger partial charge on any atom is -0.310 e. The van der Waals surface area contributed by atoms with Crippen LogP contribution in [0.3, 0.4) is 0 Å². The summed E-state index contributed by atoms with van der Waals surface area (Å²) in [7, 11) is 0. The van der Waals surface area contributed by atoms with Crippen LogP contribution in [-0.4, -0.2) is 24.1 Å². The Morgan fingerprint density at radius 1 is 0.212 bits per heavy atom. The summed E-state index contributed by atoms with van der Waals surface area (Å²) in [6.45, 7) is 15.6. The summed E-state index contributed by atoms with van der Waals surface area (Å²) in [6.07, 6.45) is 5.48. The van der Waals surface area contributed by atoms with Crippen LogP contribution in [0.5, 0.6) is 0 Å². The predicted molar refractivity (Wildman–Crippen MR) is 493 cm³/mol. The van der Waals surface area contributed by atoms with Crippen molar-refractivity contribution in [3.63, 3.8) is 0 Å². The lowest BCUT2D eigenvalue weighted by molar-refractivity contribution is 1.18. The van der Waals surface area contributed by atoms with Crippen LogP contribution in [0, 0.1) is 13.1 Å². The fourth-order valence-corrected chi connectivity index (χ4v) is 19.2. The molecule has 0 fully saturated rings. The molecular formula is C111H63N7. The lowest BCUT2D eigenvalue weighted by atomic mass is 9.89. The Kier molecular flexibility index (Phi) is 14.7. The van der Waals surface area contributed by atoms with Gasteiger partial charge in [0, 0.05) is 84.6 Å². The van der Waals surface area contributed by atoms with Gasteiger partial charge in [0.25, 0.3) is 0 Å². The molecule has 0 atom stereocenters. The minimum absolute atomic E-state index is 0.652. The van der Waals surface area contributed by atoms with Gasteiger partial charge in [-0.25, -0.2) is 14.7 Å². The Morgan fingerprint density at radius 2 is 0.525 bits per heavy atom. The second-order valence-corrected chi connectivity index (χ2v) is 31.2. The summed E-state index contributed by atoms with van der Waals surface area (Å²) in [5.74, 6) is 0. The molecule has 0 radical (unpaired) electrons. The highest BCUT2D eigenvalue weighted by atomic mass is 15.0. The van der Waals surface area contributed by atoms with E-state index in [1.165, 1.54) is 147 Å². The normalized spacial score (nSPS) is 11.9. The molecule has 7 heteroatoms. The fraction of sp³-hybridized carbons (Fsp3) is 0. The minimum atomic E-state index is 0.652. The van der Waals surface area contributed by atoms with Crippen molar-refractivity contribution in [3.05, 3.63) is 405 Å². The van der Waals surface area contributed by atoms with Crippen molar-refractivity contribution in [3.8, 4) is 101 Å². The van der Waals surface area contributed by atoms with Gasteiger partial charge in [0.15, 0.2) is 11.4 Å². The summed E-state index contributed by atoms with van der Waals surface area (Å²) in [5, 5.41) is 25.8. The van der Waals surface area contributed by atoms with Crippen LogP contribution >= 0.6 is 0 Å². The molecule has 0 unspecified atom stereocenters. The van der Waals surface area contributed by atoms with Crippen LogP contribution in [0.15, 0.2) is 383 Å². The Bertz CT molecular complexity index is 8330. The largest absolute Gasteiger partial charge is 0.310 e. The van der Waals surface area contributed by atoms with E-state index in [4.69, 9.17) is 18.1 Å². The molecule has 0 saturated heterocycles. The molecule has 0 bridgehead atoms. The molecule has 0 N–H and O–H groups in total. The molecular weight excluding hydrogens is 1430 g/mol. The second-order valence-electron chi connectivity index (χ2n) is 31.2. The van der Waals surface area contributed by atoms with E-state index in [-0.39, 0.29) is 0 Å². The van der Waals surface area contributed by atoms with Gasteiger partial charge in [-0.1, -0.05) is 212 Å². The molecule has 5 heterocycles. The molecule has 0 spiro atoms. The number of rotatable bonds is 10. The fourth-order valence-electron chi connectivity index (χ4n) is 19.2. The monoisotopic (exact) mass is 1490 g/mol.